The highest BCUT2D eigenvalue weighted by atomic mass is 16.5. The number of morpholine rings is 1. The predicted octanol–water partition coefficient (Wildman–Crippen LogP) is 4.75. The molecule has 1 aliphatic rings. The Hall–Kier alpha value is -2.53. The molecule has 4 rings (SSSR count). The Bertz CT molecular complexity index is 846. The minimum Gasteiger partial charge on any atom is -0.378 e. The highest BCUT2D eigenvalue weighted by molar-refractivity contribution is 5.87. The lowest BCUT2D eigenvalue weighted by atomic mass is 10.1. The summed E-state index contributed by atoms with van der Waals surface area (Å²) in [5.74, 6) is 1.66. The molecule has 1 aliphatic heterocycles. The maximum Gasteiger partial charge on any atom is 0.162 e. The average molecular weight is 367 g/mol. The Morgan fingerprint density at radius 3 is 2.41 bits per heavy atom. The largest absolute Gasteiger partial charge is 0.378 e. The number of rotatable bonds is 3. The van der Waals surface area contributed by atoms with E-state index in [1.54, 1.807) is 0 Å². The molecule has 1 fully saturated rings. The van der Waals surface area contributed by atoms with Crippen molar-refractivity contribution in [1.29, 1.82) is 0 Å². The van der Waals surface area contributed by atoms with Crippen molar-refractivity contribution in [2.75, 3.05) is 31.2 Å². The zero-order valence-electron chi connectivity index (χ0n) is 15.8. The molecule has 0 aliphatic carbocycles. The second kappa shape index (κ2) is 9.97. The summed E-state index contributed by atoms with van der Waals surface area (Å²) in [6.45, 7) is 9.23. The zero-order valence-corrected chi connectivity index (χ0v) is 15.8. The van der Waals surface area contributed by atoms with Crippen molar-refractivity contribution in [3.8, 4) is 11.4 Å². The molecule has 0 N–H and O–H groups in total. The Labute approximate surface area is 162 Å². The Kier molecular flexibility index (Phi) is 7.67. The van der Waals surface area contributed by atoms with E-state index in [1.165, 1.54) is 5.56 Å². The number of fused-ring (bicyclic) bond motifs is 1. The van der Waals surface area contributed by atoms with Crippen LogP contribution in [0.1, 0.15) is 33.8 Å². The molecule has 3 aromatic rings. The molecule has 0 bridgehead atoms. The molecular weight excluding hydrogens is 336 g/mol. The van der Waals surface area contributed by atoms with Gasteiger partial charge < -0.3 is 9.64 Å². The Balaban J connectivity index is 0.000000844. The van der Waals surface area contributed by atoms with Crippen LogP contribution in [0.25, 0.3) is 22.4 Å². The first-order valence-corrected chi connectivity index (χ1v) is 9.40. The first-order valence-electron chi connectivity index (χ1n) is 9.40. The van der Waals surface area contributed by atoms with Gasteiger partial charge >= 0.3 is 0 Å². The van der Waals surface area contributed by atoms with Crippen LogP contribution in [0.15, 0.2) is 42.6 Å². The second-order valence-corrected chi connectivity index (χ2v) is 5.90. The fourth-order valence-corrected chi connectivity index (χ4v) is 2.95. The maximum atomic E-state index is 5.48. The summed E-state index contributed by atoms with van der Waals surface area (Å²) in [6, 6.07) is 12.2. The fraction of sp³-hybridized carbons (Fsp3) is 0.409. The van der Waals surface area contributed by atoms with Crippen molar-refractivity contribution in [2.45, 2.75) is 34.6 Å². The smallest absolute Gasteiger partial charge is 0.162 e. The lowest BCUT2D eigenvalue weighted by Crippen LogP contribution is -2.37. The van der Waals surface area contributed by atoms with E-state index < -0.39 is 0 Å². The normalized spacial score (nSPS) is 13.5. The third kappa shape index (κ3) is 4.61. The Morgan fingerprint density at radius 2 is 1.74 bits per heavy atom. The van der Waals surface area contributed by atoms with E-state index in [0.717, 1.165) is 61.0 Å². The molecule has 144 valence electrons. The molecule has 0 spiro atoms. The maximum absolute atomic E-state index is 5.48. The number of hydrogen-bond donors (Lipinski definition) is 0. The molecule has 1 aromatic carbocycles. The molecule has 0 atom stereocenters. The van der Waals surface area contributed by atoms with Crippen LogP contribution >= 0.6 is 0 Å². The van der Waals surface area contributed by atoms with E-state index in [9.17, 15) is 0 Å². The first kappa shape index (κ1) is 20.8. The molecule has 0 unspecified atom stereocenters. The van der Waals surface area contributed by atoms with Gasteiger partial charge in [0, 0.05) is 24.8 Å². The van der Waals surface area contributed by atoms with Gasteiger partial charge in [-0.15, -0.1) is 0 Å². The van der Waals surface area contributed by atoms with Crippen LogP contribution < -0.4 is 4.90 Å². The van der Waals surface area contributed by atoms with Gasteiger partial charge in [-0.1, -0.05) is 58.5 Å². The van der Waals surface area contributed by atoms with Gasteiger partial charge in [0.05, 0.1) is 18.7 Å². The molecule has 2 aromatic heterocycles. The van der Waals surface area contributed by atoms with E-state index in [4.69, 9.17) is 14.7 Å². The molecule has 0 amide bonds. The van der Waals surface area contributed by atoms with E-state index in [0.29, 0.717) is 0 Å². The molecular formula is C22H30N4O. The van der Waals surface area contributed by atoms with Crippen molar-refractivity contribution in [3.05, 3.63) is 48.2 Å². The monoisotopic (exact) mass is 366 g/mol. The summed E-state index contributed by atoms with van der Waals surface area (Å²) < 4.78 is 5.48. The summed E-state index contributed by atoms with van der Waals surface area (Å²) >= 11 is 0. The first-order chi connectivity index (χ1) is 12.8. The summed E-state index contributed by atoms with van der Waals surface area (Å²) in [7, 11) is 0. The number of benzene rings is 1. The van der Waals surface area contributed by atoms with Crippen molar-refractivity contribution in [3.63, 3.8) is 0 Å². The molecule has 0 saturated carbocycles. The standard InChI is InChI=1S/C19H20N4O.C2H6.CH4/c1-2-14-12-16-17(20-13-14)19(23-8-10-24-11-9-23)22-18(21-16)15-6-4-3-5-7-15;1-2;/h3-7,12-13H,2,8-11H2,1H3;1-2H3;1H4. The number of aromatic nitrogens is 3. The van der Waals surface area contributed by atoms with E-state index >= 15 is 0 Å². The molecule has 27 heavy (non-hydrogen) atoms. The average Bonchev–Trinajstić information content (AvgIpc) is 2.75. The van der Waals surface area contributed by atoms with E-state index in [-0.39, 0.29) is 7.43 Å². The van der Waals surface area contributed by atoms with Gasteiger partial charge in [-0.05, 0) is 18.1 Å². The lowest BCUT2D eigenvalue weighted by molar-refractivity contribution is 0.122. The molecule has 0 radical (unpaired) electrons. The summed E-state index contributed by atoms with van der Waals surface area (Å²) in [5, 5.41) is 0. The van der Waals surface area contributed by atoms with Crippen LogP contribution in [0, 0.1) is 0 Å². The molecule has 1 saturated heterocycles. The highest BCUT2D eigenvalue weighted by Crippen LogP contribution is 2.27. The topological polar surface area (TPSA) is 51.1 Å². The van der Waals surface area contributed by atoms with Crippen molar-refractivity contribution in [1.82, 2.24) is 15.0 Å². The van der Waals surface area contributed by atoms with Crippen LogP contribution in [-0.4, -0.2) is 41.3 Å². The van der Waals surface area contributed by atoms with Gasteiger partial charge in [0.25, 0.3) is 0 Å². The second-order valence-electron chi connectivity index (χ2n) is 5.90. The van der Waals surface area contributed by atoms with E-state index in [2.05, 4.69) is 22.9 Å². The molecule has 3 heterocycles. The number of ether oxygens (including phenoxy) is 1. The summed E-state index contributed by atoms with van der Waals surface area (Å²) in [5.41, 5.74) is 3.99. The third-order valence-electron chi connectivity index (χ3n) is 4.33. The number of nitrogens with zero attached hydrogens (tertiary/aromatic N) is 4. The van der Waals surface area contributed by atoms with Crippen LogP contribution in [0.4, 0.5) is 5.82 Å². The minimum atomic E-state index is 0. The van der Waals surface area contributed by atoms with Gasteiger partial charge in [0.2, 0.25) is 0 Å². The minimum absolute atomic E-state index is 0. The van der Waals surface area contributed by atoms with Gasteiger partial charge in [0.15, 0.2) is 11.6 Å². The van der Waals surface area contributed by atoms with E-state index in [1.807, 2.05) is 50.4 Å². The van der Waals surface area contributed by atoms with Gasteiger partial charge in [0.1, 0.15) is 5.52 Å². The predicted molar refractivity (Wildman–Crippen MR) is 113 cm³/mol. The number of pyridine rings is 1. The van der Waals surface area contributed by atoms with Crippen molar-refractivity contribution < 1.29 is 4.74 Å². The quantitative estimate of drug-likeness (QED) is 0.669. The number of hydrogen-bond acceptors (Lipinski definition) is 5. The number of aryl methyl sites for hydroxylation is 1. The van der Waals surface area contributed by atoms with Crippen LogP contribution in [0.5, 0.6) is 0 Å². The van der Waals surface area contributed by atoms with Crippen LogP contribution in [0.2, 0.25) is 0 Å². The van der Waals surface area contributed by atoms with Gasteiger partial charge in [-0.25, -0.2) is 9.97 Å². The van der Waals surface area contributed by atoms with Crippen molar-refractivity contribution in [2.24, 2.45) is 0 Å². The van der Waals surface area contributed by atoms with Gasteiger partial charge in [-0.3, -0.25) is 4.98 Å². The molecule has 5 nitrogen and oxygen atoms in total. The zero-order chi connectivity index (χ0) is 18.4. The van der Waals surface area contributed by atoms with Crippen molar-refractivity contribution >= 4 is 16.9 Å². The summed E-state index contributed by atoms with van der Waals surface area (Å²) in [6.07, 6.45) is 2.87. The molecule has 5 heteroatoms. The van der Waals surface area contributed by atoms with Crippen LogP contribution in [0.3, 0.4) is 0 Å². The fourth-order valence-electron chi connectivity index (χ4n) is 2.95. The highest BCUT2D eigenvalue weighted by Gasteiger charge is 2.19. The Morgan fingerprint density at radius 1 is 1.04 bits per heavy atom. The summed E-state index contributed by atoms with van der Waals surface area (Å²) in [4.78, 5) is 16.5. The third-order valence-corrected chi connectivity index (χ3v) is 4.33. The van der Waals surface area contributed by atoms with Crippen LogP contribution in [-0.2, 0) is 11.2 Å². The SMILES string of the molecule is C.CC.CCc1cnc2c(N3CCOCC3)nc(-c3ccccc3)nc2c1. The van der Waals surface area contributed by atoms with Gasteiger partial charge in [-0.2, -0.15) is 0 Å². The number of anilines is 1. The lowest BCUT2D eigenvalue weighted by Gasteiger charge is -2.28.